The zero-order valence-corrected chi connectivity index (χ0v) is 30.9. The number of carbonyl (C=O) groups is 1. The smallest absolute Gasteiger partial charge is 0.318 e. The zero-order valence-electron chi connectivity index (χ0n) is 30.9. The van der Waals surface area contributed by atoms with Crippen molar-refractivity contribution in [2.75, 3.05) is 49.1 Å². The first-order valence-electron chi connectivity index (χ1n) is 20.0. The number of halogens is 2. The van der Waals surface area contributed by atoms with Gasteiger partial charge < -0.3 is 24.5 Å². The van der Waals surface area contributed by atoms with Crippen LogP contribution in [0.1, 0.15) is 84.9 Å². The zero-order chi connectivity index (χ0) is 36.7. The number of benzene rings is 2. The minimum absolute atomic E-state index is 0.0397. The van der Waals surface area contributed by atoms with Crippen LogP contribution in [-0.4, -0.2) is 97.6 Å². The Hall–Kier alpha value is -4.52. The molecule has 284 valence electrons. The summed E-state index contributed by atoms with van der Waals surface area (Å²) >= 11 is 0. The fourth-order valence-corrected chi connectivity index (χ4v) is 10.7. The molecule has 4 atom stereocenters. The molecule has 2 aromatic carbocycles. The van der Waals surface area contributed by atoms with Crippen molar-refractivity contribution in [1.29, 1.82) is 0 Å². The molecule has 10 rings (SSSR count). The average molecular weight is 739 g/mol. The van der Waals surface area contributed by atoms with E-state index in [1.165, 1.54) is 12.5 Å². The number of ether oxygens (including phenoxy) is 1. The molecule has 4 fully saturated rings. The highest BCUT2D eigenvalue weighted by atomic mass is 19.1. The van der Waals surface area contributed by atoms with Crippen LogP contribution < -0.4 is 14.5 Å². The van der Waals surface area contributed by atoms with E-state index in [0.717, 1.165) is 91.0 Å². The number of fused-ring (bicyclic) bond motifs is 6. The van der Waals surface area contributed by atoms with Gasteiger partial charge in [-0.2, -0.15) is 15.1 Å². The van der Waals surface area contributed by atoms with Gasteiger partial charge in [-0.15, -0.1) is 0 Å². The summed E-state index contributed by atoms with van der Waals surface area (Å²) in [6.07, 6.45) is 6.89. The molecule has 2 bridgehead atoms. The van der Waals surface area contributed by atoms with Crippen LogP contribution in [0.4, 0.5) is 20.3 Å². The van der Waals surface area contributed by atoms with Crippen molar-refractivity contribution in [1.82, 2.24) is 29.5 Å². The number of phenolic OH excluding ortho intramolecular Hbond substituents is 1. The van der Waals surface area contributed by atoms with Crippen LogP contribution in [0.5, 0.6) is 11.8 Å². The minimum Gasteiger partial charge on any atom is -0.508 e. The average Bonchev–Trinajstić information content (AvgIpc) is 4.00. The van der Waals surface area contributed by atoms with Crippen molar-refractivity contribution in [2.45, 2.75) is 102 Å². The highest BCUT2D eigenvalue weighted by molar-refractivity contribution is 5.98. The molecular formula is C41H48F2N8O3. The van der Waals surface area contributed by atoms with E-state index < -0.39 is 6.17 Å². The maximum atomic E-state index is 15.2. The third-order valence-electron chi connectivity index (χ3n) is 13.3. The standard InChI is InChI=1S/C41H48F2N8O3/c1-2-31-33(43)8-6-26-16-30(52)18-36(37(26)31)47-14-9-32-35(23-47)44-40(54-24-41-10-3-12-49(41)21-27(42)19-41)45-38(32)48-11-4-13-51-29(22-48)17-34(46-51)39(53)50-20-25-5-7-28(50)15-25/h6,8,16-18,25,27-28,52H,2-5,7,9-15,19-24H2,1H3/t25?,27-,28?,41+/m1/s1. The lowest BCUT2D eigenvalue weighted by Crippen LogP contribution is -2.43. The van der Waals surface area contributed by atoms with Crippen molar-refractivity contribution in [3.8, 4) is 11.8 Å². The fourth-order valence-electron chi connectivity index (χ4n) is 10.7. The van der Waals surface area contributed by atoms with E-state index in [4.69, 9.17) is 19.8 Å². The lowest BCUT2D eigenvalue weighted by Gasteiger charge is -2.35. The summed E-state index contributed by atoms with van der Waals surface area (Å²) in [5.41, 5.74) is 4.41. The Bertz CT molecular complexity index is 2140. The molecule has 5 aliphatic heterocycles. The van der Waals surface area contributed by atoms with Crippen LogP contribution in [0.25, 0.3) is 10.8 Å². The Kier molecular flexibility index (Phi) is 8.22. The molecule has 4 aromatic rings. The normalized spacial score (nSPS) is 26.4. The number of piperidine rings is 1. The van der Waals surface area contributed by atoms with Gasteiger partial charge in [0.05, 0.1) is 30.0 Å². The van der Waals surface area contributed by atoms with E-state index >= 15 is 4.39 Å². The molecule has 6 aliphatic rings. The lowest BCUT2D eigenvalue weighted by atomic mass is 9.95. The number of anilines is 2. The predicted molar refractivity (Wildman–Crippen MR) is 200 cm³/mol. The van der Waals surface area contributed by atoms with Gasteiger partial charge in [-0.25, -0.2) is 8.78 Å². The summed E-state index contributed by atoms with van der Waals surface area (Å²) in [6, 6.07) is 9.21. The molecular weight excluding hydrogens is 690 g/mol. The van der Waals surface area contributed by atoms with Crippen molar-refractivity contribution in [3.63, 3.8) is 0 Å². The minimum atomic E-state index is -0.864. The second kappa shape index (κ2) is 13.1. The van der Waals surface area contributed by atoms with Gasteiger partial charge >= 0.3 is 6.01 Å². The number of hydrogen-bond donors (Lipinski definition) is 1. The molecule has 1 N–H and O–H groups in total. The number of alkyl halides is 1. The number of phenols is 1. The maximum Gasteiger partial charge on any atom is 0.318 e. The topological polar surface area (TPSA) is 103 Å². The SMILES string of the molecule is CCc1c(F)ccc2cc(O)cc(N3CCc4c(nc(OC[C@@]56CCCN5C[C@H](F)C6)nc4N4CCCn5nc(C(=O)N6CC7CCC6C7)cc5C4)C3)c12. The van der Waals surface area contributed by atoms with E-state index in [1.807, 2.05) is 22.6 Å². The van der Waals surface area contributed by atoms with Gasteiger partial charge in [0.15, 0.2) is 5.69 Å². The van der Waals surface area contributed by atoms with Crippen LogP contribution in [0, 0.1) is 11.7 Å². The third kappa shape index (κ3) is 5.67. The van der Waals surface area contributed by atoms with Crippen LogP contribution in [0.2, 0.25) is 0 Å². The van der Waals surface area contributed by atoms with Gasteiger partial charge in [-0.3, -0.25) is 14.4 Å². The third-order valence-corrected chi connectivity index (χ3v) is 13.3. The summed E-state index contributed by atoms with van der Waals surface area (Å²) in [4.78, 5) is 32.5. The molecule has 1 amide bonds. The second-order valence-electron chi connectivity index (χ2n) is 16.5. The fraction of sp³-hybridized carbons (Fsp3) is 0.561. The first kappa shape index (κ1) is 34.0. The molecule has 0 spiro atoms. The van der Waals surface area contributed by atoms with Gasteiger partial charge in [0.2, 0.25) is 0 Å². The van der Waals surface area contributed by atoms with Crippen molar-refractivity contribution in [3.05, 3.63) is 64.4 Å². The van der Waals surface area contributed by atoms with Gasteiger partial charge in [0.1, 0.15) is 30.2 Å². The number of amides is 1. The Labute approximate surface area is 313 Å². The van der Waals surface area contributed by atoms with Crippen molar-refractivity contribution in [2.24, 2.45) is 5.92 Å². The van der Waals surface area contributed by atoms with Gasteiger partial charge in [0, 0.05) is 67.9 Å². The van der Waals surface area contributed by atoms with Crippen LogP contribution in [0.15, 0.2) is 30.3 Å². The van der Waals surface area contributed by atoms with E-state index in [9.17, 15) is 14.3 Å². The Balaban J connectivity index is 0.996. The van der Waals surface area contributed by atoms with E-state index in [0.29, 0.717) is 81.8 Å². The summed E-state index contributed by atoms with van der Waals surface area (Å²) in [7, 11) is 0. The number of carbonyl (C=O) groups excluding carboxylic acids is 1. The molecule has 2 aromatic heterocycles. The van der Waals surface area contributed by atoms with Crippen molar-refractivity contribution >= 4 is 28.2 Å². The molecule has 11 nitrogen and oxygen atoms in total. The van der Waals surface area contributed by atoms with E-state index in [-0.39, 0.29) is 29.0 Å². The molecule has 3 saturated heterocycles. The molecule has 1 aliphatic carbocycles. The van der Waals surface area contributed by atoms with Crippen molar-refractivity contribution < 1.29 is 23.4 Å². The monoisotopic (exact) mass is 738 g/mol. The number of aryl methyl sites for hydroxylation is 2. The van der Waals surface area contributed by atoms with E-state index in [1.54, 1.807) is 18.2 Å². The molecule has 1 saturated carbocycles. The number of aromatic hydroxyl groups is 1. The summed E-state index contributed by atoms with van der Waals surface area (Å²) < 4.78 is 38.4. The highest BCUT2D eigenvalue weighted by Crippen LogP contribution is 2.42. The van der Waals surface area contributed by atoms with Crippen LogP contribution in [-0.2, 0) is 32.5 Å². The van der Waals surface area contributed by atoms with Crippen LogP contribution >= 0.6 is 0 Å². The van der Waals surface area contributed by atoms with E-state index in [2.05, 4.69) is 14.7 Å². The summed E-state index contributed by atoms with van der Waals surface area (Å²) in [5.74, 6) is 1.35. The summed E-state index contributed by atoms with van der Waals surface area (Å²) in [6.45, 7) is 7.46. The molecule has 0 radical (unpaired) electrons. The molecule has 13 heteroatoms. The van der Waals surface area contributed by atoms with Crippen LogP contribution in [0.3, 0.4) is 0 Å². The largest absolute Gasteiger partial charge is 0.508 e. The van der Waals surface area contributed by atoms with Gasteiger partial charge in [0.25, 0.3) is 5.91 Å². The number of nitrogens with zero attached hydrogens (tertiary/aromatic N) is 8. The maximum absolute atomic E-state index is 15.2. The van der Waals surface area contributed by atoms with Gasteiger partial charge in [-0.1, -0.05) is 13.0 Å². The predicted octanol–water partition coefficient (Wildman–Crippen LogP) is 5.79. The number of likely N-dealkylation sites (tertiary alicyclic amines) is 1. The Morgan fingerprint density at radius 3 is 2.78 bits per heavy atom. The Morgan fingerprint density at radius 2 is 1.94 bits per heavy atom. The quantitative estimate of drug-likeness (QED) is 0.253. The molecule has 2 unspecified atom stereocenters. The highest BCUT2D eigenvalue weighted by Gasteiger charge is 2.49. The molecule has 7 heterocycles. The number of hydrogen-bond acceptors (Lipinski definition) is 9. The first-order chi connectivity index (χ1) is 26.2. The van der Waals surface area contributed by atoms with Gasteiger partial charge in [-0.05, 0) is 93.0 Å². The molecule has 54 heavy (non-hydrogen) atoms. The second-order valence-corrected chi connectivity index (χ2v) is 16.5. The number of rotatable bonds is 7. The first-order valence-corrected chi connectivity index (χ1v) is 20.0. The lowest BCUT2D eigenvalue weighted by molar-refractivity contribution is 0.0696. The summed E-state index contributed by atoms with van der Waals surface area (Å²) in [5, 5.41) is 17.2. The Morgan fingerprint density at radius 1 is 1.04 bits per heavy atom. The number of aromatic nitrogens is 4.